The van der Waals surface area contributed by atoms with E-state index in [1.165, 1.54) is 6.33 Å². The van der Waals surface area contributed by atoms with Crippen LogP contribution in [0.25, 0.3) is 11.0 Å². The van der Waals surface area contributed by atoms with Gasteiger partial charge in [0, 0.05) is 6.54 Å². The van der Waals surface area contributed by atoms with Crippen molar-refractivity contribution in [1.82, 2.24) is 25.5 Å². The Morgan fingerprint density at radius 2 is 1.93 bits per heavy atom. The van der Waals surface area contributed by atoms with Crippen LogP contribution < -0.4 is 9.74 Å². The van der Waals surface area contributed by atoms with Crippen LogP contribution in [0.1, 0.15) is 49.8 Å². The van der Waals surface area contributed by atoms with Crippen LogP contribution in [-0.4, -0.2) is 40.9 Å². The Morgan fingerprint density at radius 3 is 2.57 bits per heavy atom. The lowest BCUT2D eigenvalue weighted by Gasteiger charge is -2.36. The van der Waals surface area contributed by atoms with Crippen molar-refractivity contribution >= 4 is 25.3 Å². The fourth-order valence-corrected chi connectivity index (χ4v) is 3.91. The summed E-state index contributed by atoms with van der Waals surface area (Å²) in [5.74, 6) is 0.600. The maximum absolute atomic E-state index is 13.0. The van der Waals surface area contributed by atoms with Gasteiger partial charge in [-0.3, -0.25) is 4.79 Å². The van der Waals surface area contributed by atoms with Crippen molar-refractivity contribution in [2.45, 2.75) is 58.7 Å². The number of aromatic nitrogens is 4. The first kappa shape index (κ1) is 20.4. The van der Waals surface area contributed by atoms with Crippen LogP contribution in [-0.2, 0) is 0 Å². The fraction of sp³-hybridized carbons (Fsp3) is 0.550. The minimum absolute atomic E-state index is 0.0386. The lowest BCUT2D eigenvalue weighted by atomic mass is 10.1. The molecule has 2 aromatic heterocycles. The van der Waals surface area contributed by atoms with Gasteiger partial charge in [0.15, 0.2) is 17.0 Å². The number of pyridine rings is 1. The molecule has 2 heterocycles. The van der Waals surface area contributed by atoms with Crippen LogP contribution in [0.15, 0.2) is 18.5 Å². The number of allylic oxidation sites excluding steroid dienone is 2. The molecule has 0 radical (unpaired) electrons. The van der Waals surface area contributed by atoms with Crippen molar-refractivity contribution in [3.05, 3.63) is 29.9 Å². The molecule has 3 rings (SSSR count). The molecule has 7 nitrogen and oxygen atoms in total. The zero-order valence-electron chi connectivity index (χ0n) is 17.5. The molecule has 0 aromatic carbocycles. The smallest absolute Gasteiger partial charge is 0.273 e. The summed E-state index contributed by atoms with van der Waals surface area (Å²) in [5.41, 5.74) is 2.01. The quantitative estimate of drug-likeness (QED) is 0.607. The van der Waals surface area contributed by atoms with E-state index in [1.54, 1.807) is 0 Å². The number of carbonyl (C=O) groups excluding carboxylic acids is 1. The summed E-state index contributed by atoms with van der Waals surface area (Å²) < 4.78 is 6.52. The van der Waals surface area contributed by atoms with Gasteiger partial charge >= 0.3 is 0 Å². The molecular formula is C20H29N5O2Si. The van der Waals surface area contributed by atoms with E-state index in [4.69, 9.17) is 4.43 Å². The Kier molecular flexibility index (Phi) is 5.52. The number of amides is 1. The normalized spacial score (nSPS) is 15.2. The zero-order valence-corrected chi connectivity index (χ0v) is 18.5. The Balaban J connectivity index is 2.01. The molecule has 1 N–H and O–H groups in total. The Labute approximate surface area is 167 Å². The summed E-state index contributed by atoms with van der Waals surface area (Å²) in [6.07, 6.45) is 7.69. The van der Waals surface area contributed by atoms with Gasteiger partial charge in [-0.2, -0.15) is 0 Å². The standard InChI is InChI=1S/C20H29N5O2Si/c1-13-15-16(25-23-12-22-15)18(27-28(5,6)20(2,3)4)17(24-13)19(26)21-11-14-9-7-8-10-14/h7-8,12,14H,9-11H2,1-6H3,(H,21,26). The Morgan fingerprint density at radius 1 is 1.25 bits per heavy atom. The molecule has 0 fully saturated rings. The van der Waals surface area contributed by atoms with Crippen LogP contribution in [0.4, 0.5) is 0 Å². The molecule has 0 bridgehead atoms. The van der Waals surface area contributed by atoms with Crippen molar-refractivity contribution in [3.63, 3.8) is 0 Å². The molecule has 0 unspecified atom stereocenters. The highest BCUT2D eigenvalue weighted by molar-refractivity contribution is 6.74. The van der Waals surface area contributed by atoms with Crippen LogP contribution in [0.3, 0.4) is 0 Å². The highest BCUT2D eigenvalue weighted by Gasteiger charge is 2.40. The van der Waals surface area contributed by atoms with Crippen molar-refractivity contribution in [3.8, 4) is 5.75 Å². The average Bonchev–Trinajstić information content (AvgIpc) is 3.14. The molecule has 2 aromatic rings. The number of fused-ring (bicyclic) bond motifs is 1. The molecule has 1 aliphatic rings. The minimum atomic E-state index is -2.23. The van der Waals surface area contributed by atoms with Gasteiger partial charge in [0.1, 0.15) is 11.8 Å². The predicted molar refractivity (Wildman–Crippen MR) is 112 cm³/mol. The monoisotopic (exact) mass is 399 g/mol. The number of hydrogen-bond donors (Lipinski definition) is 1. The summed E-state index contributed by atoms with van der Waals surface area (Å²) in [7, 11) is -2.23. The topological polar surface area (TPSA) is 89.9 Å². The predicted octanol–water partition coefficient (Wildman–Crippen LogP) is 3.81. The van der Waals surface area contributed by atoms with Gasteiger partial charge in [0.05, 0.1) is 5.69 Å². The highest BCUT2D eigenvalue weighted by atomic mass is 28.4. The highest BCUT2D eigenvalue weighted by Crippen LogP contribution is 2.39. The molecule has 0 atom stereocenters. The molecule has 1 amide bonds. The Bertz CT molecular complexity index is 913. The zero-order chi connectivity index (χ0) is 20.5. The lowest BCUT2D eigenvalue weighted by molar-refractivity contribution is 0.0940. The summed E-state index contributed by atoms with van der Waals surface area (Å²) >= 11 is 0. The first-order chi connectivity index (χ1) is 13.1. The molecule has 28 heavy (non-hydrogen) atoms. The second-order valence-corrected chi connectivity index (χ2v) is 13.6. The van der Waals surface area contributed by atoms with Crippen molar-refractivity contribution in [1.29, 1.82) is 0 Å². The van der Waals surface area contributed by atoms with Gasteiger partial charge in [-0.15, -0.1) is 10.2 Å². The van der Waals surface area contributed by atoms with Gasteiger partial charge in [0.2, 0.25) is 0 Å². The SMILES string of the molecule is Cc1nc(C(=O)NCC2CC=CC2)c(O[Si](C)(C)C(C)(C)C)c2nncnc12. The Hall–Kier alpha value is -2.35. The largest absolute Gasteiger partial charge is 0.540 e. The molecule has 1 aliphatic carbocycles. The van der Waals surface area contributed by atoms with E-state index in [-0.39, 0.29) is 16.6 Å². The van der Waals surface area contributed by atoms with E-state index >= 15 is 0 Å². The van der Waals surface area contributed by atoms with Gasteiger partial charge in [0.25, 0.3) is 14.2 Å². The number of carbonyl (C=O) groups is 1. The maximum atomic E-state index is 13.0. The summed E-state index contributed by atoms with van der Waals surface area (Å²) in [6, 6.07) is 0. The number of hydrogen-bond acceptors (Lipinski definition) is 6. The van der Waals surface area contributed by atoms with E-state index in [9.17, 15) is 4.79 Å². The molecule has 0 saturated carbocycles. The third kappa shape index (κ3) is 4.06. The van der Waals surface area contributed by atoms with Crippen molar-refractivity contribution in [2.75, 3.05) is 6.54 Å². The van der Waals surface area contributed by atoms with Gasteiger partial charge < -0.3 is 9.74 Å². The minimum Gasteiger partial charge on any atom is -0.540 e. The molecule has 150 valence electrons. The van der Waals surface area contributed by atoms with E-state index in [0.717, 1.165) is 12.8 Å². The molecule has 0 aliphatic heterocycles. The maximum Gasteiger partial charge on any atom is 0.273 e. The number of nitrogens with one attached hydrogen (secondary N) is 1. The van der Waals surface area contributed by atoms with Crippen LogP contribution in [0.2, 0.25) is 18.1 Å². The number of rotatable bonds is 5. The van der Waals surface area contributed by atoms with E-state index in [2.05, 4.69) is 71.5 Å². The first-order valence-electron chi connectivity index (χ1n) is 9.70. The lowest BCUT2D eigenvalue weighted by Crippen LogP contribution is -2.44. The number of aryl methyl sites for hydroxylation is 1. The van der Waals surface area contributed by atoms with E-state index < -0.39 is 8.32 Å². The van der Waals surface area contributed by atoms with Gasteiger partial charge in [-0.05, 0) is 43.8 Å². The number of nitrogens with zero attached hydrogens (tertiary/aromatic N) is 4. The fourth-order valence-electron chi connectivity index (χ4n) is 2.90. The molecule has 8 heteroatoms. The van der Waals surface area contributed by atoms with Crippen molar-refractivity contribution < 1.29 is 9.22 Å². The molecule has 0 spiro atoms. The first-order valence-corrected chi connectivity index (χ1v) is 12.6. The van der Waals surface area contributed by atoms with Crippen LogP contribution in [0.5, 0.6) is 5.75 Å². The molecular weight excluding hydrogens is 370 g/mol. The van der Waals surface area contributed by atoms with E-state index in [0.29, 0.717) is 34.9 Å². The second-order valence-electron chi connectivity index (χ2n) is 8.91. The molecule has 0 saturated heterocycles. The summed E-state index contributed by atoms with van der Waals surface area (Å²) in [4.78, 5) is 21.9. The second kappa shape index (κ2) is 7.58. The van der Waals surface area contributed by atoms with Crippen LogP contribution >= 0.6 is 0 Å². The third-order valence-corrected chi connectivity index (χ3v) is 10.0. The van der Waals surface area contributed by atoms with E-state index in [1.807, 2.05) is 6.92 Å². The third-order valence-electron chi connectivity index (χ3n) is 5.71. The summed E-state index contributed by atoms with van der Waals surface area (Å²) in [6.45, 7) is 13.2. The average molecular weight is 400 g/mol. The van der Waals surface area contributed by atoms with Gasteiger partial charge in [-0.1, -0.05) is 32.9 Å². The van der Waals surface area contributed by atoms with Crippen molar-refractivity contribution in [2.24, 2.45) is 5.92 Å². The van der Waals surface area contributed by atoms with Gasteiger partial charge in [-0.25, -0.2) is 9.97 Å². The summed E-state index contributed by atoms with van der Waals surface area (Å²) in [5, 5.41) is 11.2. The van der Waals surface area contributed by atoms with Crippen LogP contribution in [0, 0.1) is 12.8 Å².